The third-order valence-corrected chi connectivity index (χ3v) is 5.01. The molecule has 0 radical (unpaired) electrons. The fraction of sp³-hybridized carbons (Fsp3) is 0.857. The first-order valence-corrected chi connectivity index (χ1v) is 7.04. The van der Waals surface area contributed by atoms with Crippen LogP contribution < -0.4 is 0 Å². The first kappa shape index (κ1) is 13.5. The van der Waals surface area contributed by atoms with E-state index in [0.717, 1.165) is 32.1 Å². The average molecular weight is 253 g/mol. The Morgan fingerprint density at radius 3 is 2.06 bits per heavy atom. The minimum atomic E-state index is -0.316. The molecule has 2 aliphatic rings. The van der Waals surface area contributed by atoms with Gasteiger partial charge in [-0.05, 0) is 25.7 Å². The van der Waals surface area contributed by atoms with E-state index >= 15 is 0 Å². The predicted molar refractivity (Wildman–Crippen MR) is 67.7 cm³/mol. The van der Waals surface area contributed by atoms with Gasteiger partial charge in [0.1, 0.15) is 0 Å². The molecule has 2 fully saturated rings. The van der Waals surface area contributed by atoms with Crippen molar-refractivity contribution < 1.29 is 14.7 Å². The topological polar surface area (TPSA) is 57.6 Å². The van der Waals surface area contributed by atoms with E-state index in [0.29, 0.717) is 6.54 Å². The van der Waals surface area contributed by atoms with Gasteiger partial charge in [0, 0.05) is 12.0 Å². The number of carbonyl (C=O) groups excluding carboxylic acids is 2. The second-order valence-corrected chi connectivity index (χ2v) is 5.77. The molecule has 102 valence electrons. The van der Waals surface area contributed by atoms with E-state index in [9.17, 15) is 14.7 Å². The Hall–Kier alpha value is -0.900. The van der Waals surface area contributed by atoms with Gasteiger partial charge in [0.15, 0.2) is 0 Å². The third-order valence-electron chi connectivity index (χ3n) is 5.01. The number of fused-ring (bicyclic) bond motifs is 1. The van der Waals surface area contributed by atoms with Gasteiger partial charge in [0.05, 0.1) is 18.4 Å². The van der Waals surface area contributed by atoms with Crippen molar-refractivity contribution in [3.63, 3.8) is 0 Å². The van der Waals surface area contributed by atoms with Gasteiger partial charge in [-0.1, -0.05) is 20.3 Å². The Kier molecular flexibility index (Phi) is 3.76. The van der Waals surface area contributed by atoms with Crippen molar-refractivity contribution in [3.05, 3.63) is 0 Å². The van der Waals surface area contributed by atoms with Crippen molar-refractivity contribution >= 4 is 11.8 Å². The van der Waals surface area contributed by atoms with Gasteiger partial charge in [-0.2, -0.15) is 0 Å². The Balaban J connectivity index is 2.14. The average Bonchev–Trinajstić information content (AvgIpc) is 2.95. The number of aliphatic hydroxyl groups excluding tert-OH is 1. The molecule has 1 saturated heterocycles. The summed E-state index contributed by atoms with van der Waals surface area (Å²) in [5, 5.41) is 9.56. The second-order valence-electron chi connectivity index (χ2n) is 5.77. The molecule has 2 unspecified atom stereocenters. The fourth-order valence-electron chi connectivity index (χ4n) is 3.30. The van der Waals surface area contributed by atoms with Crippen LogP contribution in [0, 0.1) is 17.3 Å². The number of amides is 2. The molecule has 0 aromatic heterocycles. The van der Waals surface area contributed by atoms with Crippen LogP contribution >= 0.6 is 0 Å². The van der Waals surface area contributed by atoms with Gasteiger partial charge in [-0.3, -0.25) is 14.5 Å². The first-order chi connectivity index (χ1) is 8.58. The van der Waals surface area contributed by atoms with Crippen LogP contribution in [0.2, 0.25) is 0 Å². The number of imide groups is 1. The molecule has 0 bridgehead atoms. The Labute approximate surface area is 108 Å². The van der Waals surface area contributed by atoms with Gasteiger partial charge >= 0.3 is 0 Å². The molecular weight excluding hydrogens is 230 g/mol. The zero-order valence-electron chi connectivity index (χ0n) is 11.3. The number of nitrogens with zero attached hydrogens (tertiary/aromatic N) is 1. The maximum absolute atomic E-state index is 12.2. The first-order valence-electron chi connectivity index (χ1n) is 7.04. The molecule has 0 aromatic carbocycles. The van der Waals surface area contributed by atoms with Crippen LogP contribution in [-0.2, 0) is 9.59 Å². The third kappa shape index (κ3) is 1.96. The molecule has 0 spiro atoms. The zero-order chi connectivity index (χ0) is 13.3. The van der Waals surface area contributed by atoms with E-state index in [-0.39, 0.29) is 35.7 Å². The Bertz CT molecular complexity index is 319. The van der Waals surface area contributed by atoms with Gasteiger partial charge < -0.3 is 5.11 Å². The van der Waals surface area contributed by atoms with Crippen LogP contribution in [0.5, 0.6) is 0 Å². The molecule has 4 nitrogen and oxygen atoms in total. The molecule has 1 N–H and O–H groups in total. The number of hydrogen-bond donors (Lipinski definition) is 1. The van der Waals surface area contributed by atoms with E-state index in [1.165, 1.54) is 4.90 Å². The highest BCUT2D eigenvalue weighted by Crippen LogP contribution is 2.41. The van der Waals surface area contributed by atoms with Crippen molar-refractivity contribution in [3.8, 4) is 0 Å². The second kappa shape index (κ2) is 5.00. The number of likely N-dealkylation sites (tertiary alicyclic amines) is 1. The highest BCUT2D eigenvalue weighted by molar-refractivity contribution is 6.05. The van der Waals surface area contributed by atoms with Gasteiger partial charge in [-0.25, -0.2) is 0 Å². The van der Waals surface area contributed by atoms with Crippen molar-refractivity contribution in [1.82, 2.24) is 4.90 Å². The maximum Gasteiger partial charge on any atom is 0.233 e. The van der Waals surface area contributed by atoms with Crippen LogP contribution in [-0.4, -0.2) is 35.0 Å². The van der Waals surface area contributed by atoms with Crippen molar-refractivity contribution in [2.24, 2.45) is 17.3 Å². The van der Waals surface area contributed by atoms with E-state index in [1.807, 2.05) is 13.8 Å². The summed E-state index contributed by atoms with van der Waals surface area (Å²) < 4.78 is 0. The summed E-state index contributed by atoms with van der Waals surface area (Å²) in [5.74, 6) is -0.130. The quantitative estimate of drug-likeness (QED) is 0.757. The van der Waals surface area contributed by atoms with Crippen LogP contribution in [0.1, 0.15) is 46.0 Å². The van der Waals surface area contributed by atoms with Gasteiger partial charge in [-0.15, -0.1) is 0 Å². The summed E-state index contributed by atoms with van der Waals surface area (Å²) in [4.78, 5) is 25.9. The summed E-state index contributed by atoms with van der Waals surface area (Å²) in [5.41, 5.74) is -0.316. The molecule has 1 aliphatic carbocycles. The van der Waals surface area contributed by atoms with Crippen molar-refractivity contribution in [2.45, 2.75) is 46.0 Å². The lowest BCUT2D eigenvalue weighted by Gasteiger charge is -2.33. The maximum atomic E-state index is 12.2. The molecule has 2 atom stereocenters. The lowest BCUT2D eigenvalue weighted by molar-refractivity contribution is -0.142. The summed E-state index contributed by atoms with van der Waals surface area (Å²) in [6.45, 7) is 4.44. The fourth-order valence-corrected chi connectivity index (χ4v) is 3.30. The smallest absolute Gasteiger partial charge is 0.233 e. The predicted octanol–water partition coefficient (Wildman–Crippen LogP) is 1.57. The highest BCUT2D eigenvalue weighted by Gasteiger charge is 2.51. The summed E-state index contributed by atoms with van der Waals surface area (Å²) in [7, 11) is 0. The summed E-state index contributed by atoms with van der Waals surface area (Å²) >= 11 is 0. The van der Waals surface area contributed by atoms with E-state index in [2.05, 4.69) is 0 Å². The SMILES string of the molecule is CCC(CC)(CO)CN1C(=O)C2CCCC2C1=O. The Morgan fingerprint density at radius 1 is 1.17 bits per heavy atom. The normalized spacial score (nSPS) is 28.1. The van der Waals surface area contributed by atoms with E-state index < -0.39 is 0 Å². The van der Waals surface area contributed by atoms with Gasteiger partial charge in [0.2, 0.25) is 11.8 Å². The molecule has 0 aromatic rings. The largest absolute Gasteiger partial charge is 0.396 e. The molecular formula is C14H23NO3. The summed E-state index contributed by atoms with van der Waals surface area (Å²) in [6, 6.07) is 0. The van der Waals surface area contributed by atoms with Crippen molar-refractivity contribution in [2.75, 3.05) is 13.2 Å². The van der Waals surface area contributed by atoms with Crippen LogP contribution in [0.15, 0.2) is 0 Å². The lowest BCUT2D eigenvalue weighted by Crippen LogP contribution is -2.43. The van der Waals surface area contributed by atoms with Crippen LogP contribution in [0.4, 0.5) is 0 Å². The molecule has 1 heterocycles. The van der Waals surface area contributed by atoms with E-state index in [1.54, 1.807) is 0 Å². The monoisotopic (exact) mass is 253 g/mol. The van der Waals surface area contributed by atoms with Crippen LogP contribution in [0.3, 0.4) is 0 Å². The number of hydrogen-bond acceptors (Lipinski definition) is 3. The molecule has 1 saturated carbocycles. The minimum Gasteiger partial charge on any atom is -0.396 e. The minimum absolute atomic E-state index is 0.00206. The lowest BCUT2D eigenvalue weighted by atomic mass is 9.82. The summed E-state index contributed by atoms with van der Waals surface area (Å²) in [6.07, 6.45) is 4.28. The number of rotatable bonds is 5. The van der Waals surface area contributed by atoms with Crippen molar-refractivity contribution in [1.29, 1.82) is 0 Å². The zero-order valence-corrected chi connectivity index (χ0v) is 11.3. The number of carbonyl (C=O) groups is 2. The molecule has 2 rings (SSSR count). The standard InChI is InChI=1S/C14H23NO3/c1-3-14(4-2,9-16)8-15-12(17)10-6-5-7-11(10)13(15)18/h10-11,16H,3-9H2,1-2H3. The highest BCUT2D eigenvalue weighted by atomic mass is 16.3. The number of aliphatic hydroxyl groups is 1. The van der Waals surface area contributed by atoms with E-state index in [4.69, 9.17) is 0 Å². The van der Waals surface area contributed by atoms with Crippen LogP contribution in [0.25, 0.3) is 0 Å². The Morgan fingerprint density at radius 2 is 1.67 bits per heavy atom. The molecule has 2 amide bonds. The molecule has 4 heteroatoms. The molecule has 1 aliphatic heterocycles. The van der Waals surface area contributed by atoms with Gasteiger partial charge in [0.25, 0.3) is 0 Å². The molecule has 18 heavy (non-hydrogen) atoms.